The van der Waals surface area contributed by atoms with Crippen LogP contribution in [0.5, 0.6) is 0 Å². The van der Waals surface area contributed by atoms with Gasteiger partial charge in [0.25, 0.3) is 0 Å². The number of rotatable bonds is 8. The number of para-hydroxylation sites is 1. The fraction of sp³-hybridized carbons (Fsp3) is 0.414. The van der Waals surface area contributed by atoms with Crippen LogP contribution >= 0.6 is 0 Å². The molecule has 2 aromatic carbocycles. The van der Waals surface area contributed by atoms with Gasteiger partial charge in [0.1, 0.15) is 0 Å². The normalized spacial score (nSPS) is 24.8. The first kappa shape index (κ1) is 21.4. The minimum Gasteiger partial charge on any atom is -0.389 e. The summed E-state index contributed by atoms with van der Waals surface area (Å²) < 4.78 is 0. The van der Waals surface area contributed by atoms with Gasteiger partial charge in [0.2, 0.25) is 0 Å². The van der Waals surface area contributed by atoms with E-state index in [-0.39, 0.29) is 0 Å². The third-order valence-electron chi connectivity index (χ3n) is 7.70. The quantitative estimate of drug-likeness (QED) is 0.499. The molecule has 3 aliphatic rings. The number of hydrogen-bond acceptors (Lipinski definition) is 3. The van der Waals surface area contributed by atoms with Gasteiger partial charge in [-0.15, -0.1) is 0 Å². The molecule has 6 rings (SSSR count). The fourth-order valence-corrected chi connectivity index (χ4v) is 5.85. The Hall–Kier alpha value is -2.49. The first-order valence-electron chi connectivity index (χ1n) is 12.1. The van der Waals surface area contributed by atoms with Crippen LogP contribution in [0.1, 0.15) is 43.2 Å². The average Bonchev–Trinajstić information content (AvgIpc) is 2.84. The Kier molecular flexibility index (Phi) is 6.12. The van der Waals surface area contributed by atoms with Crippen molar-refractivity contribution in [3.63, 3.8) is 0 Å². The van der Waals surface area contributed by atoms with Crippen LogP contribution < -0.4 is 0 Å². The Balaban J connectivity index is 1.15. The summed E-state index contributed by atoms with van der Waals surface area (Å²) in [5.41, 5.74) is 4.72. The van der Waals surface area contributed by atoms with Crippen LogP contribution in [-0.2, 0) is 6.42 Å². The van der Waals surface area contributed by atoms with E-state index < -0.39 is 5.60 Å². The lowest BCUT2D eigenvalue weighted by molar-refractivity contribution is -0.0574. The number of aryl methyl sites for hydroxylation is 1. The van der Waals surface area contributed by atoms with E-state index in [2.05, 4.69) is 77.6 Å². The molecule has 1 heterocycles. The van der Waals surface area contributed by atoms with E-state index in [1.165, 1.54) is 28.5 Å². The van der Waals surface area contributed by atoms with E-state index in [1.54, 1.807) is 0 Å². The lowest BCUT2D eigenvalue weighted by atomic mass is 9.61. The molecule has 3 aliphatic carbocycles. The predicted molar refractivity (Wildman–Crippen MR) is 132 cm³/mol. The zero-order valence-electron chi connectivity index (χ0n) is 19.1. The number of benzene rings is 2. The van der Waals surface area contributed by atoms with Gasteiger partial charge in [-0.25, -0.2) is 0 Å². The summed E-state index contributed by atoms with van der Waals surface area (Å²) in [7, 11) is 2.19. The summed E-state index contributed by atoms with van der Waals surface area (Å²) in [5, 5.41) is 12.8. The molecule has 1 saturated carbocycles. The maximum atomic E-state index is 11.5. The van der Waals surface area contributed by atoms with Crippen molar-refractivity contribution >= 4 is 16.5 Å². The Morgan fingerprint density at radius 3 is 2.62 bits per heavy atom. The fourth-order valence-electron chi connectivity index (χ4n) is 5.85. The SMILES string of the molecule is CN(CCCc1ccnc2ccccc12)CCC1(O)CC2CCC1C=C2c1ccccc1. The molecule has 3 unspecified atom stereocenters. The van der Waals surface area contributed by atoms with Crippen molar-refractivity contribution < 1.29 is 5.11 Å². The third kappa shape index (κ3) is 4.37. The topological polar surface area (TPSA) is 36.4 Å². The molecule has 3 nitrogen and oxygen atoms in total. The number of hydrogen-bond donors (Lipinski definition) is 1. The van der Waals surface area contributed by atoms with Gasteiger partial charge in [0, 0.05) is 24.0 Å². The van der Waals surface area contributed by atoms with E-state index in [0.717, 1.165) is 50.7 Å². The van der Waals surface area contributed by atoms with Gasteiger partial charge in [-0.3, -0.25) is 4.98 Å². The van der Waals surface area contributed by atoms with Gasteiger partial charge < -0.3 is 10.0 Å². The monoisotopic (exact) mass is 426 g/mol. The van der Waals surface area contributed by atoms with Gasteiger partial charge in [0.05, 0.1) is 11.1 Å². The van der Waals surface area contributed by atoms with E-state index in [1.807, 2.05) is 12.3 Å². The van der Waals surface area contributed by atoms with Crippen LogP contribution in [0.15, 0.2) is 72.9 Å². The molecular formula is C29H34N2O. The first-order valence-corrected chi connectivity index (χ1v) is 12.1. The van der Waals surface area contributed by atoms with E-state index in [9.17, 15) is 5.11 Å². The minimum atomic E-state index is -0.545. The maximum Gasteiger partial charge on any atom is 0.0728 e. The zero-order valence-corrected chi connectivity index (χ0v) is 19.1. The Bertz CT molecular complexity index is 1090. The molecule has 0 aliphatic heterocycles. The number of aromatic nitrogens is 1. The molecule has 3 atom stereocenters. The number of nitrogens with zero attached hydrogens (tertiary/aromatic N) is 2. The Morgan fingerprint density at radius 2 is 1.81 bits per heavy atom. The highest BCUT2D eigenvalue weighted by atomic mass is 16.3. The Morgan fingerprint density at radius 1 is 1.00 bits per heavy atom. The van der Waals surface area contributed by atoms with Crippen LogP contribution in [0.2, 0.25) is 0 Å². The van der Waals surface area contributed by atoms with Gasteiger partial charge in [0.15, 0.2) is 0 Å². The molecule has 1 N–H and O–H groups in total. The summed E-state index contributed by atoms with van der Waals surface area (Å²) in [5.74, 6) is 0.789. The average molecular weight is 427 g/mol. The van der Waals surface area contributed by atoms with Crippen molar-refractivity contribution in [2.75, 3.05) is 20.1 Å². The van der Waals surface area contributed by atoms with Crippen LogP contribution in [-0.4, -0.2) is 40.7 Å². The van der Waals surface area contributed by atoms with E-state index in [0.29, 0.717) is 11.8 Å². The second-order valence-electron chi connectivity index (χ2n) is 9.82. The molecule has 166 valence electrons. The van der Waals surface area contributed by atoms with E-state index >= 15 is 0 Å². The number of pyridine rings is 1. The summed E-state index contributed by atoms with van der Waals surface area (Å²) in [4.78, 5) is 6.87. The first-order chi connectivity index (χ1) is 15.6. The zero-order chi connectivity index (χ0) is 22.0. The van der Waals surface area contributed by atoms with Crippen molar-refractivity contribution in [1.29, 1.82) is 0 Å². The molecule has 3 heteroatoms. The predicted octanol–water partition coefficient (Wildman–Crippen LogP) is 5.73. The highest BCUT2D eigenvalue weighted by molar-refractivity contribution is 5.81. The van der Waals surface area contributed by atoms with Crippen LogP contribution in [0.25, 0.3) is 16.5 Å². The van der Waals surface area contributed by atoms with Gasteiger partial charge in [-0.1, -0.05) is 54.6 Å². The van der Waals surface area contributed by atoms with Crippen molar-refractivity contribution in [3.05, 3.63) is 84.1 Å². The summed E-state index contributed by atoms with van der Waals surface area (Å²) in [6.07, 6.45) is 10.6. The van der Waals surface area contributed by atoms with Crippen molar-refractivity contribution in [2.45, 2.75) is 44.1 Å². The van der Waals surface area contributed by atoms with Crippen molar-refractivity contribution in [2.24, 2.45) is 11.8 Å². The number of allylic oxidation sites excluding steroid dienone is 1. The lowest BCUT2D eigenvalue weighted by Gasteiger charge is -2.48. The lowest BCUT2D eigenvalue weighted by Crippen LogP contribution is -2.48. The number of fused-ring (bicyclic) bond motifs is 3. The van der Waals surface area contributed by atoms with Crippen molar-refractivity contribution in [3.8, 4) is 0 Å². The molecule has 1 aromatic heterocycles. The Labute approximate surface area is 191 Å². The molecule has 2 bridgehead atoms. The van der Waals surface area contributed by atoms with Crippen LogP contribution in [0, 0.1) is 11.8 Å². The van der Waals surface area contributed by atoms with Crippen LogP contribution in [0.3, 0.4) is 0 Å². The standard InChI is InChI=1S/C29H34N2O/c1-31(18-7-10-23-15-17-30-28-12-6-5-11-26(23)28)19-16-29(32)21-24-13-14-25(29)20-27(24)22-8-3-2-4-9-22/h2-6,8-9,11-12,15,17,20,24-25,32H,7,10,13-14,16,18-19,21H2,1H3. The molecular weight excluding hydrogens is 392 g/mol. The summed E-state index contributed by atoms with van der Waals surface area (Å²) >= 11 is 0. The van der Waals surface area contributed by atoms with Gasteiger partial charge >= 0.3 is 0 Å². The highest BCUT2D eigenvalue weighted by Gasteiger charge is 2.46. The summed E-state index contributed by atoms with van der Waals surface area (Å²) in [6.45, 7) is 2.00. The largest absolute Gasteiger partial charge is 0.389 e. The molecule has 3 aromatic rings. The molecule has 0 spiro atoms. The molecule has 0 radical (unpaired) electrons. The van der Waals surface area contributed by atoms with E-state index in [4.69, 9.17) is 0 Å². The van der Waals surface area contributed by atoms with Crippen molar-refractivity contribution in [1.82, 2.24) is 9.88 Å². The smallest absolute Gasteiger partial charge is 0.0728 e. The second kappa shape index (κ2) is 9.17. The van der Waals surface area contributed by atoms with Crippen LogP contribution in [0.4, 0.5) is 0 Å². The summed E-state index contributed by atoms with van der Waals surface area (Å²) in [6, 6.07) is 21.3. The molecule has 32 heavy (non-hydrogen) atoms. The molecule has 0 amide bonds. The highest BCUT2D eigenvalue weighted by Crippen LogP contribution is 2.51. The minimum absolute atomic E-state index is 0.291. The van der Waals surface area contributed by atoms with Gasteiger partial charge in [-0.2, -0.15) is 0 Å². The number of aliphatic hydroxyl groups is 1. The van der Waals surface area contributed by atoms with Gasteiger partial charge in [-0.05, 0) is 86.9 Å². The molecule has 0 saturated heterocycles. The second-order valence-corrected chi connectivity index (χ2v) is 9.82. The maximum absolute atomic E-state index is 11.5. The third-order valence-corrected chi connectivity index (χ3v) is 7.70. The molecule has 1 fully saturated rings.